The number of benzene rings is 1. The minimum atomic E-state index is -4.42. The fraction of sp³-hybridized carbons (Fsp3) is 0.500. The first kappa shape index (κ1) is 18.5. The van der Waals surface area contributed by atoms with Crippen LogP contribution in [0.2, 0.25) is 0 Å². The van der Waals surface area contributed by atoms with Crippen molar-refractivity contribution in [1.29, 1.82) is 0 Å². The second-order valence-electron chi connectivity index (χ2n) is 6.24. The molecule has 0 amide bonds. The molecule has 0 aliphatic heterocycles. The first-order valence-corrected chi connectivity index (χ1v) is 8.34. The van der Waals surface area contributed by atoms with E-state index in [1.165, 1.54) is 11.0 Å². The minimum absolute atomic E-state index is 0.167. The molecule has 0 saturated heterocycles. The smallest absolute Gasteiger partial charge is 0.358 e. The molecule has 0 saturated carbocycles. The van der Waals surface area contributed by atoms with Gasteiger partial charge in [0.05, 0.1) is 29.7 Å². The van der Waals surface area contributed by atoms with Crippen LogP contribution in [0.15, 0.2) is 23.0 Å². The Balaban J connectivity index is 2.48. The summed E-state index contributed by atoms with van der Waals surface area (Å²) in [6, 6.07) is 3.26. The molecule has 0 aliphatic rings. The summed E-state index contributed by atoms with van der Waals surface area (Å²) < 4.78 is 38.5. The fourth-order valence-corrected chi connectivity index (χ4v) is 3.10. The zero-order valence-electron chi connectivity index (χ0n) is 14.3. The summed E-state index contributed by atoms with van der Waals surface area (Å²) in [6.45, 7) is 8.50. The Morgan fingerprint density at radius 1 is 1.12 bits per heavy atom. The van der Waals surface area contributed by atoms with Crippen LogP contribution in [0.5, 0.6) is 0 Å². The molecule has 2 rings (SSSR count). The number of pyridine rings is 1. The van der Waals surface area contributed by atoms with Gasteiger partial charge in [-0.25, -0.2) is 0 Å². The summed E-state index contributed by atoms with van der Waals surface area (Å²) in [4.78, 5) is 17.0. The molecule has 0 atom stereocenters. The molecule has 0 fully saturated rings. The van der Waals surface area contributed by atoms with Gasteiger partial charge in [-0.1, -0.05) is 13.8 Å². The second kappa shape index (κ2) is 7.38. The molecule has 1 heterocycles. The number of H-pyrrole nitrogens is 1. The molecule has 0 bridgehead atoms. The lowest BCUT2D eigenvalue weighted by molar-refractivity contribution is -0.914. The molecular formula is C18H24F3N2O+. The molecule has 1 aromatic carbocycles. The van der Waals surface area contributed by atoms with Gasteiger partial charge in [0.15, 0.2) is 5.43 Å². The van der Waals surface area contributed by atoms with E-state index >= 15 is 0 Å². The topological polar surface area (TPSA) is 37.3 Å². The Morgan fingerprint density at radius 3 is 2.29 bits per heavy atom. The predicted octanol–water partition coefficient (Wildman–Crippen LogP) is 3.06. The Labute approximate surface area is 139 Å². The maximum absolute atomic E-state index is 12.8. The SMILES string of the molecule is CCC[NH+](CCC)Cc1c(C)[nH]c2cc(C(F)(F)F)ccc2c1=O. The van der Waals surface area contributed by atoms with E-state index in [1.54, 1.807) is 6.92 Å². The Bertz CT molecular complexity index is 759. The largest absolute Gasteiger partial charge is 0.416 e. The van der Waals surface area contributed by atoms with Crippen LogP contribution in [0, 0.1) is 6.92 Å². The van der Waals surface area contributed by atoms with Crippen LogP contribution in [-0.2, 0) is 12.7 Å². The van der Waals surface area contributed by atoms with Gasteiger partial charge in [-0.05, 0) is 38.0 Å². The zero-order chi connectivity index (χ0) is 17.9. The molecule has 0 aliphatic carbocycles. The van der Waals surface area contributed by atoms with E-state index in [-0.39, 0.29) is 10.9 Å². The number of halogens is 3. The first-order chi connectivity index (χ1) is 11.3. The lowest BCUT2D eigenvalue weighted by atomic mass is 10.1. The van der Waals surface area contributed by atoms with E-state index in [2.05, 4.69) is 18.8 Å². The molecule has 3 nitrogen and oxygen atoms in total. The zero-order valence-corrected chi connectivity index (χ0v) is 14.3. The molecule has 0 unspecified atom stereocenters. The average molecular weight is 341 g/mol. The summed E-state index contributed by atoms with van der Waals surface area (Å²) in [7, 11) is 0. The summed E-state index contributed by atoms with van der Waals surface area (Å²) in [5.74, 6) is 0. The number of fused-ring (bicyclic) bond motifs is 1. The lowest BCUT2D eigenvalue weighted by Gasteiger charge is -2.19. The molecule has 132 valence electrons. The van der Waals surface area contributed by atoms with E-state index in [9.17, 15) is 18.0 Å². The van der Waals surface area contributed by atoms with Crippen molar-refractivity contribution in [3.05, 3.63) is 45.2 Å². The van der Waals surface area contributed by atoms with Crippen molar-refractivity contribution in [3.63, 3.8) is 0 Å². The number of rotatable bonds is 6. The van der Waals surface area contributed by atoms with Crippen molar-refractivity contribution in [3.8, 4) is 0 Å². The van der Waals surface area contributed by atoms with E-state index in [1.807, 2.05) is 0 Å². The number of aromatic amines is 1. The number of nitrogens with one attached hydrogen (secondary N) is 2. The third-order valence-electron chi connectivity index (χ3n) is 4.27. The van der Waals surface area contributed by atoms with Crippen molar-refractivity contribution in [2.24, 2.45) is 0 Å². The predicted molar refractivity (Wildman–Crippen MR) is 89.3 cm³/mol. The van der Waals surface area contributed by atoms with Gasteiger partial charge in [0.1, 0.15) is 6.54 Å². The van der Waals surface area contributed by atoms with E-state index in [4.69, 9.17) is 0 Å². The number of aromatic nitrogens is 1. The van der Waals surface area contributed by atoms with Crippen molar-refractivity contribution in [2.45, 2.75) is 46.3 Å². The van der Waals surface area contributed by atoms with Gasteiger partial charge in [-0.15, -0.1) is 0 Å². The summed E-state index contributed by atoms with van der Waals surface area (Å²) >= 11 is 0. The van der Waals surface area contributed by atoms with Gasteiger partial charge in [0.25, 0.3) is 0 Å². The highest BCUT2D eigenvalue weighted by atomic mass is 19.4. The number of hydrogen-bond acceptors (Lipinski definition) is 1. The molecule has 0 spiro atoms. The molecule has 24 heavy (non-hydrogen) atoms. The van der Waals surface area contributed by atoms with Crippen LogP contribution in [0.25, 0.3) is 10.9 Å². The van der Waals surface area contributed by atoms with Crippen molar-refractivity contribution in [2.75, 3.05) is 13.1 Å². The molecule has 0 radical (unpaired) electrons. The summed E-state index contributed by atoms with van der Waals surface area (Å²) in [6.07, 6.45) is -2.37. The Hall–Kier alpha value is -1.82. The maximum atomic E-state index is 12.8. The number of quaternary nitrogens is 1. The maximum Gasteiger partial charge on any atom is 0.416 e. The fourth-order valence-electron chi connectivity index (χ4n) is 3.10. The van der Waals surface area contributed by atoms with Gasteiger partial charge in [0, 0.05) is 11.1 Å². The monoisotopic (exact) mass is 341 g/mol. The van der Waals surface area contributed by atoms with Gasteiger partial charge in [0.2, 0.25) is 0 Å². The van der Waals surface area contributed by atoms with Gasteiger partial charge < -0.3 is 9.88 Å². The van der Waals surface area contributed by atoms with Gasteiger partial charge in [-0.3, -0.25) is 4.79 Å². The summed E-state index contributed by atoms with van der Waals surface area (Å²) in [5.41, 5.74) is 0.640. The number of hydrogen-bond donors (Lipinski definition) is 2. The Kier molecular flexibility index (Phi) is 5.70. The number of aryl methyl sites for hydroxylation is 1. The average Bonchev–Trinajstić information content (AvgIpc) is 2.50. The highest BCUT2D eigenvalue weighted by Crippen LogP contribution is 2.30. The van der Waals surface area contributed by atoms with Crippen LogP contribution in [0.4, 0.5) is 13.2 Å². The van der Waals surface area contributed by atoms with Crippen molar-refractivity contribution < 1.29 is 18.1 Å². The van der Waals surface area contributed by atoms with E-state index < -0.39 is 11.7 Å². The van der Waals surface area contributed by atoms with Gasteiger partial charge in [-0.2, -0.15) is 13.2 Å². The van der Waals surface area contributed by atoms with Crippen LogP contribution in [0.3, 0.4) is 0 Å². The lowest BCUT2D eigenvalue weighted by Crippen LogP contribution is -3.10. The second-order valence-corrected chi connectivity index (χ2v) is 6.24. The molecule has 1 aromatic heterocycles. The van der Waals surface area contributed by atoms with Crippen molar-refractivity contribution >= 4 is 10.9 Å². The first-order valence-electron chi connectivity index (χ1n) is 8.34. The number of alkyl halides is 3. The van der Waals surface area contributed by atoms with Gasteiger partial charge >= 0.3 is 6.18 Å². The molecule has 2 N–H and O–H groups in total. The highest BCUT2D eigenvalue weighted by Gasteiger charge is 2.30. The molecule has 6 heteroatoms. The standard InChI is InChI=1S/C18H23F3N2O/c1-4-8-23(9-5-2)11-15-12(3)22-16-10-13(18(19,20)21)6-7-14(16)17(15)24/h6-7,10H,4-5,8-9,11H2,1-3H3,(H,22,24)/p+1. The van der Waals surface area contributed by atoms with E-state index in [0.717, 1.165) is 38.1 Å². The van der Waals surface area contributed by atoms with Crippen LogP contribution < -0.4 is 10.3 Å². The highest BCUT2D eigenvalue weighted by molar-refractivity contribution is 5.80. The third kappa shape index (κ3) is 3.98. The minimum Gasteiger partial charge on any atom is -0.358 e. The quantitative estimate of drug-likeness (QED) is 0.833. The van der Waals surface area contributed by atoms with Crippen LogP contribution in [-0.4, -0.2) is 18.1 Å². The van der Waals surface area contributed by atoms with Crippen LogP contribution in [0.1, 0.15) is 43.5 Å². The normalized spacial score (nSPS) is 12.3. The molecular weight excluding hydrogens is 317 g/mol. The van der Waals surface area contributed by atoms with E-state index in [0.29, 0.717) is 23.2 Å². The Morgan fingerprint density at radius 2 is 1.75 bits per heavy atom. The van der Waals surface area contributed by atoms with Crippen LogP contribution >= 0.6 is 0 Å². The summed E-state index contributed by atoms with van der Waals surface area (Å²) in [5, 5.41) is 0.316. The molecule has 2 aromatic rings. The third-order valence-corrected chi connectivity index (χ3v) is 4.27. The van der Waals surface area contributed by atoms with Crippen molar-refractivity contribution in [1.82, 2.24) is 4.98 Å².